The first-order valence-electron chi connectivity index (χ1n) is 6.55. The van der Waals surface area contributed by atoms with Gasteiger partial charge in [-0.2, -0.15) is 0 Å². The highest BCUT2D eigenvalue weighted by molar-refractivity contribution is 5.82. The lowest BCUT2D eigenvalue weighted by Gasteiger charge is -2.02. The molecule has 1 aromatic heterocycles. The van der Waals surface area contributed by atoms with Gasteiger partial charge in [0, 0.05) is 0 Å². The zero-order valence-electron chi connectivity index (χ0n) is 11.2. The van der Waals surface area contributed by atoms with Crippen molar-refractivity contribution in [3.05, 3.63) is 59.7 Å². The second-order valence-electron chi connectivity index (χ2n) is 4.80. The number of H-pyrrole nitrogens is 1. The van der Waals surface area contributed by atoms with Crippen molar-refractivity contribution in [3.8, 4) is 11.1 Å². The number of rotatable bonds is 3. The van der Waals surface area contributed by atoms with Crippen LogP contribution in [0.4, 0.5) is 5.69 Å². The van der Waals surface area contributed by atoms with Gasteiger partial charge in [-0.25, -0.2) is 9.83 Å². The molecule has 3 aromatic rings. The third-order valence-corrected chi connectivity index (χ3v) is 3.38. The number of nitrogens with two attached hydrogens (primary N) is 1. The van der Waals surface area contributed by atoms with Gasteiger partial charge in [0.15, 0.2) is 5.69 Å². The maximum Gasteiger partial charge on any atom is 0.187 e. The quantitative estimate of drug-likeness (QED) is 0.644. The minimum Gasteiger partial charge on any atom is -0.394 e. The summed E-state index contributed by atoms with van der Waals surface area (Å²) in [6.45, 7) is 6.82. The van der Waals surface area contributed by atoms with Crippen molar-refractivity contribution in [1.29, 1.82) is 0 Å². The number of nitrogens with one attached hydrogen (secondary N) is 1. The summed E-state index contributed by atoms with van der Waals surface area (Å²) in [4.78, 5) is 10.9. The van der Waals surface area contributed by atoms with Gasteiger partial charge >= 0.3 is 0 Å². The van der Waals surface area contributed by atoms with E-state index >= 15 is 0 Å². The molecule has 4 N–H and O–H groups in total. The highest BCUT2D eigenvalue weighted by Crippen LogP contribution is 2.26. The fourth-order valence-electron chi connectivity index (χ4n) is 2.20. The Labute approximate surface area is 121 Å². The van der Waals surface area contributed by atoms with Crippen molar-refractivity contribution in [2.24, 2.45) is 5.73 Å². The monoisotopic (exact) mass is 278 g/mol. The van der Waals surface area contributed by atoms with E-state index in [9.17, 15) is 0 Å². The molecule has 0 unspecified atom stereocenters. The van der Waals surface area contributed by atoms with Crippen molar-refractivity contribution in [3.63, 3.8) is 0 Å². The SMILES string of the molecule is [C-]#[N+]c1ccc(-c2ccc3nc([C@@H](N)CO)[nH]c3c2)cc1. The van der Waals surface area contributed by atoms with E-state index in [-0.39, 0.29) is 6.61 Å². The van der Waals surface area contributed by atoms with Crippen LogP contribution in [0.25, 0.3) is 27.0 Å². The number of aliphatic hydroxyl groups excluding tert-OH is 1. The van der Waals surface area contributed by atoms with Gasteiger partial charge in [0.1, 0.15) is 5.82 Å². The van der Waals surface area contributed by atoms with Crippen LogP contribution in [-0.4, -0.2) is 21.7 Å². The third kappa shape index (κ3) is 2.50. The fraction of sp³-hybridized carbons (Fsp3) is 0.125. The van der Waals surface area contributed by atoms with E-state index in [0.717, 1.165) is 22.2 Å². The number of benzene rings is 2. The minimum absolute atomic E-state index is 0.148. The van der Waals surface area contributed by atoms with Crippen LogP contribution in [-0.2, 0) is 0 Å². The van der Waals surface area contributed by atoms with Gasteiger partial charge < -0.3 is 15.8 Å². The lowest BCUT2D eigenvalue weighted by atomic mass is 10.0. The molecule has 1 atom stereocenters. The Morgan fingerprint density at radius 1 is 1.19 bits per heavy atom. The Hall–Kier alpha value is -2.68. The Bertz CT molecular complexity index is 814. The van der Waals surface area contributed by atoms with E-state index in [1.165, 1.54) is 0 Å². The molecule has 0 saturated carbocycles. The van der Waals surface area contributed by atoms with Gasteiger partial charge in [-0.15, -0.1) is 0 Å². The van der Waals surface area contributed by atoms with Crippen LogP contribution < -0.4 is 5.73 Å². The molecule has 3 rings (SSSR count). The number of fused-ring (bicyclic) bond motifs is 1. The number of hydrogen-bond donors (Lipinski definition) is 3. The summed E-state index contributed by atoms with van der Waals surface area (Å²) in [5, 5.41) is 9.09. The molecule has 0 aliphatic heterocycles. The van der Waals surface area contributed by atoms with E-state index in [1.54, 1.807) is 12.1 Å². The molecule has 1 heterocycles. The number of nitrogens with zero attached hydrogens (tertiary/aromatic N) is 2. The van der Waals surface area contributed by atoms with Gasteiger partial charge in [0.25, 0.3) is 0 Å². The average molecular weight is 278 g/mol. The molecule has 0 saturated heterocycles. The van der Waals surface area contributed by atoms with Crippen LogP contribution in [0, 0.1) is 6.57 Å². The molecule has 0 fully saturated rings. The van der Waals surface area contributed by atoms with Crippen molar-refractivity contribution >= 4 is 16.7 Å². The Balaban J connectivity index is 2.01. The van der Waals surface area contributed by atoms with E-state index in [0.29, 0.717) is 11.5 Å². The van der Waals surface area contributed by atoms with Gasteiger partial charge in [0.05, 0.1) is 30.3 Å². The average Bonchev–Trinajstić information content (AvgIpc) is 2.97. The molecule has 0 radical (unpaired) electrons. The molecule has 104 valence electrons. The van der Waals surface area contributed by atoms with Crippen LogP contribution in [0.5, 0.6) is 0 Å². The lowest BCUT2D eigenvalue weighted by Crippen LogP contribution is -2.15. The Morgan fingerprint density at radius 3 is 2.57 bits per heavy atom. The molecular formula is C16H14N4O. The summed E-state index contributed by atoms with van der Waals surface area (Å²) >= 11 is 0. The Morgan fingerprint density at radius 2 is 1.90 bits per heavy atom. The molecule has 0 bridgehead atoms. The van der Waals surface area contributed by atoms with Crippen LogP contribution in [0.1, 0.15) is 11.9 Å². The number of hydrogen-bond acceptors (Lipinski definition) is 3. The molecule has 21 heavy (non-hydrogen) atoms. The van der Waals surface area contributed by atoms with Gasteiger partial charge in [-0.05, 0) is 23.3 Å². The van der Waals surface area contributed by atoms with Crippen LogP contribution >= 0.6 is 0 Å². The second kappa shape index (κ2) is 5.37. The summed E-state index contributed by atoms with van der Waals surface area (Å²) in [7, 11) is 0. The number of imidazole rings is 1. The van der Waals surface area contributed by atoms with E-state index < -0.39 is 6.04 Å². The highest BCUT2D eigenvalue weighted by Gasteiger charge is 2.10. The van der Waals surface area contributed by atoms with E-state index in [4.69, 9.17) is 17.4 Å². The first-order chi connectivity index (χ1) is 10.2. The standard InChI is InChI=1S/C16H14N4O/c1-18-12-5-2-10(3-6-12)11-4-7-14-15(8-11)20-16(19-14)13(17)9-21/h2-8,13,21H,9,17H2,(H,19,20)/t13-/m0/s1. The Kier molecular flexibility index (Phi) is 3.40. The molecule has 0 amide bonds. The summed E-state index contributed by atoms with van der Waals surface area (Å²) in [6.07, 6.45) is 0. The molecular weight excluding hydrogens is 264 g/mol. The molecule has 2 aromatic carbocycles. The predicted octanol–water partition coefficient (Wildman–Crippen LogP) is 2.77. The maximum absolute atomic E-state index is 9.09. The molecule has 0 spiro atoms. The smallest absolute Gasteiger partial charge is 0.187 e. The van der Waals surface area contributed by atoms with Gasteiger partial charge in [-0.1, -0.05) is 30.3 Å². The van der Waals surface area contributed by atoms with Crippen LogP contribution in [0.2, 0.25) is 0 Å². The topological polar surface area (TPSA) is 79.3 Å². The predicted molar refractivity (Wildman–Crippen MR) is 81.8 cm³/mol. The molecule has 0 aliphatic carbocycles. The van der Waals surface area contributed by atoms with Crippen molar-refractivity contribution in [2.45, 2.75) is 6.04 Å². The summed E-state index contributed by atoms with van der Waals surface area (Å²) in [5.41, 5.74) is 10.1. The first-order valence-corrected chi connectivity index (χ1v) is 6.55. The number of aromatic nitrogens is 2. The van der Waals surface area contributed by atoms with Gasteiger partial charge in [0.2, 0.25) is 0 Å². The normalized spacial score (nSPS) is 12.2. The molecule has 5 heteroatoms. The second-order valence-corrected chi connectivity index (χ2v) is 4.80. The van der Waals surface area contributed by atoms with Crippen molar-refractivity contribution in [2.75, 3.05) is 6.61 Å². The molecule has 5 nitrogen and oxygen atoms in total. The molecule has 0 aliphatic rings. The highest BCUT2D eigenvalue weighted by atomic mass is 16.3. The van der Waals surface area contributed by atoms with E-state index in [2.05, 4.69) is 14.8 Å². The fourth-order valence-corrected chi connectivity index (χ4v) is 2.20. The van der Waals surface area contributed by atoms with Crippen LogP contribution in [0.15, 0.2) is 42.5 Å². The first kappa shape index (κ1) is 13.3. The van der Waals surface area contributed by atoms with Gasteiger partial charge in [-0.3, -0.25) is 0 Å². The lowest BCUT2D eigenvalue weighted by molar-refractivity contribution is 0.264. The minimum atomic E-state index is -0.501. The maximum atomic E-state index is 9.09. The van der Waals surface area contributed by atoms with Crippen LogP contribution in [0.3, 0.4) is 0 Å². The summed E-state index contributed by atoms with van der Waals surface area (Å²) < 4.78 is 0. The van der Waals surface area contributed by atoms with Crippen molar-refractivity contribution in [1.82, 2.24) is 9.97 Å². The largest absolute Gasteiger partial charge is 0.394 e. The summed E-state index contributed by atoms with van der Waals surface area (Å²) in [5.74, 6) is 0.577. The third-order valence-electron chi connectivity index (χ3n) is 3.38. The zero-order valence-corrected chi connectivity index (χ0v) is 11.2. The van der Waals surface area contributed by atoms with E-state index in [1.807, 2.05) is 30.3 Å². The van der Waals surface area contributed by atoms with Crippen molar-refractivity contribution < 1.29 is 5.11 Å². The summed E-state index contributed by atoms with van der Waals surface area (Å²) in [6, 6.07) is 12.8. The zero-order chi connectivity index (χ0) is 14.8. The number of aromatic amines is 1. The number of aliphatic hydroxyl groups is 1.